The van der Waals surface area contributed by atoms with Crippen LogP contribution in [0.2, 0.25) is 0 Å². The van der Waals surface area contributed by atoms with Crippen molar-refractivity contribution in [3.05, 3.63) is 23.0 Å². The van der Waals surface area contributed by atoms with Crippen LogP contribution in [0.3, 0.4) is 0 Å². The molecular weight excluding hydrogens is 520 g/mol. The van der Waals surface area contributed by atoms with E-state index in [0.29, 0.717) is 37.9 Å². The molecule has 2 unspecified atom stereocenters. The predicted octanol–water partition coefficient (Wildman–Crippen LogP) is 9.80. The van der Waals surface area contributed by atoms with Crippen molar-refractivity contribution in [2.75, 3.05) is 40.6 Å². The van der Waals surface area contributed by atoms with E-state index in [1.807, 2.05) is 27.7 Å². The molecule has 244 valence electrons. The molecule has 0 aromatic carbocycles. The van der Waals surface area contributed by atoms with Gasteiger partial charge in [-0.2, -0.15) is 0 Å². The molecule has 0 aromatic rings. The topological polar surface area (TPSA) is 64.6 Å². The Hall–Kier alpha value is -1.44. The Bertz CT molecular complexity index is 593. The largest absolute Gasteiger partial charge is 0.495 e. The summed E-state index contributed by atoms with van der Waals surface area (Å²) < 4.78 is 42.4. The summed E-state index contributed by atoms with van der Waals surface area (Å²) >= 11 is 0. The standard InChI is InChI=1S/C34H66O7/c1-9-15-17-19-21-23-25-27-29(37-11-3)31(39-13-5)33(35-7)41-34(36-8)32(40-14-6)30(38-12-4)28-26-24-22-20-18-16-10-2/h33-34H,9-28H2,1-8H3. The lowest BCUT2D eigenvalue weighted by Crippen LogP contribution is -2.32. The van der Waals surface area contributed by atoms with Gasteiger partial charge in [0.15, 0.2) is 11.5 Å². The molecule has 0 heterocycles. The molecule has 7 nitrogen and oxygen atoms in total. The van der Waals surface area contributed by atoms with E-state index in [2.05, 4.69) is 13.8 Å². The van der Waals surface area contributed by atoms with Crippen LogP contribution in [0.15, 0.2) is 23.0 Å². The van der Waals surface area contributed by atoms with Crippen LogP contribution in [0.25, 0.3) is 0 Å². The van der Waals surface area contributed by atoms with Crippen LogP contribution in [0.4, 0.5) is 0 Å². The van der Waals surface area contributed by atoms with E-state index in [-0.39, 0.29) is 0 Å². The van der Waals surface area contributed by atoms with E-state index in [1.54, 1.807) is 14.2 Å². The van der Waals surface area contributed by atoms with Crippen LogP contribution < -0.4 is 0 Å². The number of ether oxygens (including phenoxy) is 7. The van der Waals surface area contributed by atoms with Crippen LogP contribution in [-0.2, 0) is 33.2 Å². The number of hydrogen-bond donors (Lipinski definition) is 0. The fraction of sp³-hybridized carbons (Fsp3) is 0.882. The van der Waals surface area contributed by atoms with E-state index in [0.717, 1.165) is 50.0 Å². The van der Waals surface area contributed by atoms with Crippen molar-refractivity contribution in [1.29, 1.82) is 0 Å². The van der Waals surface area contributed by atoms with Crippen LogP contribution in [0.1, 0.15) is 144 Å². The lowest BCUT2D eigenvalue weighted by molar-refractivity contribution is -0.226. The number of hydrogen-bond acceptors (Lipinski definition) is 7. The molecule has 0 aliphatic carbocycles. The summed E-state index contributed by atoms with van der Waals surface area (Å²) in [6.45, 7) is 14.4. The zero-order valence-corrected chi connectivity index (χ0v) is 28.2. The Kier molecular flexibility index (Phi) is 27.7. The van der Waals surface area contributed by atoms with Crippen LogP contribution in [-0.4, -0.2) is 53.2 Å². The highest BCUT2D eigenvalue weighted by Gasteiger charge is 2.30. The summed E-state index contributed by atoms with van der Waals surface area (Å²) in [4.78, 5) is 0. The molecule has 0 amide bonds. The van der Waals surface area contributed by atoms with Crippen molar-refractivity contribution < 1.29 is 33.2 Å². The third kappa shape index (κ3) is 18.7. The first kappa shape index (κ1) is 39.6. The molecule has 0 aliphatic rings. The van der Waals surface area contributed by atoms with Crippen molar-refractivity contribution in [2.24, 2.45) is 0 Å². The lowest BCUT2D eigenvalue weighted by atomic mass is 10.1. The Morgan fingerprint density at radius 2 is 0.732 bits per heavy atom. The Labute approximate surface area is 253 Å². The maximum atomic E-state index is 6.41. The maximum Gasteiger partial charge on any atom is 0.222 e. The molecule has 0 fully saturated rings. The minimum absolute atomic E-state index is 0.473. The highest BCUT2D eigenvalue weighted by molar-refractivity contribution is 5.09. The fourth-order valence-corrected chi connectivity index (χ4v) is 4.80. The van der Waals surface area contributed by atoms with Crippen LogP contribution in [0, 0.1) is 0 Å². The van der Waals surface area contributed by atoms with Crippen molar-refractivity contribution >= 4 is 0 Å². The summed E-state index contributed by atoms with van der Waals surface area (Å²) in [5.41, 5.74) is 0. The first-order valence-electron chi connectivity index (χ1n) is 16.8. The molecule has 41 heavy (non-hydrogen) atoms. The average Bonchev–Trinajstić information content (AvgIpc) is 2.98. The van der Waals surface area contributed by atoms with Gasteiger partial charge in [0.25, 0.3) is 0 Å². The number of methoxy groups -OCH3 is 2. The van der Waals surface area contributed by atoms with E-state index >= 15 is 0 Å². The first-order chi connectivity index (χ1) is 20.1. The highest BCUT2D eigenvalue weighted by Crippen LogP contribution is 2.27. The number of unbranched alkanes of at least 4 members (excludes halogenated alkanes) is 12. The molecule has 0 aromatic heterocycles. The van der Waals surface area contributed by atoms with Gasteiger partial charge in [0.1, 0.15) is 11.5 Å². The van der Waals surface area contributed by atoms with Gasteiger partial charge in [-0.1, -0.05) is 90.9 Å². The molecular formula is C34H66O7. The van der Waals surface area contributed by atoms with Gasteiger partial charge < -0.3 is 33.2 Å². The second-order valence-electron chi connectivity index (χ2n) is 10.3. The van der Waals surface area contributed by atoms with Crippen LogP contribution in [0.5, 0.6) is 0 Å². The zero-order valence-electron chi connectivity index (χ0n) is 28.2. The van der Waals surface area contributed by atoms with E-state index in [1.165, 1.54) is 64.2 Å². The molecule has 0 rings (SSSR count). The average molecular weight is 587 g/mol. The third-order valence-corrected chi connectivity index (χ3v) is 6.90. The van der Waals surface area contributed by atoms with E-state index < -0.39 is 12.6 Å². The van der Waals surface area contributed by atoms with E-state index in [4.69, 9.17) is 33.2 Å². The molecule has 0 saturated carbocycles. The fourth-order valence-electron chi connectivity index (χ4n) is 4.80. The Balaban J connectivity index is 5.75. The molecule has 0 aliphatic heterocycles. The molecule has 0 saturated heterocycles. The van der Waals surface area contributed by atoms with Gasteiger partial charge in [0.2, 0.25) is 12.6 Å². The summed E-state index contributed by atoms with van der Waals surface area (Å²) in [6.07, 6.45) is 17.1. The Morgan fingerprint density at radius 1 is 0.415 bits per heavy atom. The minimum atomic E-state index is -0.817. The quantitative estimate of drug-likeness (QED) is 0.0471. The number of allylic oxidation sites excluding steroid dienone is 2. The first-order valence-corrected chi connectivity index (χ1v) is 16.8. The summed E-state index contributed by atoms with van der Waals surface area (Å²) in [7, 11) is 3.22. The zero-order chi connectivity index (χ0) is 30.6. The lowest BCUT2D eigenvalue weighted by Gasteiger charge is -2.28. The van der Waals surface area contributed by atoms with Crippen LogP contribution >= 0.6 is 0 Å². The summed E-state index contributed by atoms with van der Waals surface area (Å²) in [5, 5.41) is 0. The van der Waals surface area contributed by atoms with Crippen molar-refractivity contribution in [3.63, 3.8) is 0 Å². The molecule has 2 atom stereocenters. The molecule has 0 bridgehead atoms. The smallest absolute Gasteiger partial charge is 0.222 e. The van der Waals surface area contributed by atoms with Gasteiger partial charge in [-0.25, -0.2) is 0 Å². The van der Waals surface area contributed by atoms with Gasteiger partial charge in [-0.05, 0) is 40.5 Å². The van der Waals surface area contributed by atoms with Crippen molar-refractivity contribution in [1.82, 2.24) is 0 Å². The third-order valence-electron chi connectivity index (χ3n) is 6.90. The molecule has 0 radical (unpaired) electrons. The summed E-state index contributed by atoms with van der Waals surface area (Å²) in [5.74, 6) is 2.68. The second-order valence-corrected chi connectivity index (χ2v) is 10.3. The minimum Gasteiger partial charge on any atom is -0.495 e. The molecule has 0 N–H and O–H groups in total. The Morgan fingerprint density at radius 3 is 1.02 bits per heavy atom. The predicted molar refractivity (Wildman–Crippen MR) is 168 cm³/mol. The van der Waals surface area contributed by atoms with Gasteiger partial charge in [0, 0.05) is 27.1 Å². The maximum absolute atomic E-state index is 6.41. The van der Waals surface area contributed by atoms with Gasteiger partial charge in [-0.3, -0.25) is 0 Å². The molecule has 0 spiro atoms. The SMILES string of the molecule is CCCCCCCCCC(OCC)=C(OCC)C(OC)OC(OC)C(OCC)=C(CCCCCCCCC)OCC. The van der Waals surface area contributed by atoms with Crippen molar-refractivity contribution in [2.45, 2.75) is 157 Å². The van der Waals surface area contributed by atoms with Gasteiger partial charge >= 0.3 is 0 Å². The molecule has 7 heteroatoms. The summed E-state index contributed by atoms with van der Waals surface area (Å²) in [6, 6.07) is 0. The highest BCUT2D eigenvalue weighted by atomic mass is 16.8. The number of rotatable bonds is 30. The van der Waals surface area contributed by atoms with Gasteiger partial charge in [-0.15, -0.1) is 0 Å². The second kappa shape index (κ2) is 28.7. The van der Waals surface area contributed by atoms with Gasteiger partial charge in [0.05, 0.1) is 26.4 Å². The van der Waals surface area contributed by atoms with Crippen molar-refractivity contribution in [3.8, 4) is 0 Å². The normalized spacial score (nSPS) is 14.2. The van der Waals surface area contributed by atoms with E-state index in [9.17, 15) is 0 Å². The monoisotopic (exact) mass is 586 g/mol.